The topological polar surface area (TPSA) is 50.7 Å². The van der Waals surface area contributed by atoms with Gasteiger partial charge in [0.05, 0.1) is 26.6 Å². The molecule has 0 fully saturated rings. The second-order valence-corrected chi connectivity index (χ2v) is 6.32. The number of rotatable bonds is 3. The number of hydrogen-bond donors (Lipinski definition) is 0. The van der Waals surface area contributed by atoms with Crippen LogP contribution in [0, 0.1) is 6.92 Å². The van der Waals surface area contributed by atoms with Gasteiger partial charge in [-0.15, -0.1) is 0 Å². The molecule has 1 aromatic carbocycles. The van der Waals surface area contributed by atoms with Gasteiger partial charge in [-0.3, -0.25) is 0 Å². The monoisotopic (exact) mass is 368 g/mol. The molecule has 6 nitrogen and oxygen atoms in total. The maximum atomic E-state index is 6.52. The van der Waals surface area contributed by atoms with E-state index in [0.29, 0.717) is 40.4 Å². The Labute approximate surface area is 150 Å². The predicted molar refractivity (Wildman–Crippen MR) is 95.8 cm³/mol. The zero-order valence-electron chi connectivity index (χ0n) is 13.9. The number of methoxy groups -OCH3 is 2. The van der Waals surface area contributed by atoms with E-state index in [1.807, 2.05) is 25.1 Å². The summed E-state index contributed by atoms with van der Waals surface area (Å²) in [5.41, 5.74) is 1.68. The second-order valence-electron chi connectivity index (χ2n) is 5.56. The molecule has 128 valence electrons. The van der Waals surface area contributed by atoms with E-state index in [1.165, 1.54) is 0 Å². The van der Waals surface area contributed by atoms with E-state index >= 15 is 0 Å². The first kappa shape index (κ1) is 16.9. The lowest BCUT2D eigenvalue weighted by atomic mass is 10.2. The SMILES string of the molecule is COc1cc(OC)c(Cl)c(N2Cc3cnc(C)nc3N(C)C2)c1Cl. The maximum absolute atomic E-state index is 6.52. The molecule has 3 rings (SSSR count). The average Bonchev–Trinajstić information content (AvgIpc) is 2.56. The molecule has 0 spiro atoms. The molecule has 0 radical (unpaired) electrons. The second kappa shape index (κ2) is 6.53. The molecule has 0 atom stereocenters. The summed E-state index contributed by atoms with van der Waals surface area (Å²) in [6.45, 7) is 3.05. The molecule has 0 saturated carbocycles. The molecule has 1 aromatic heterocycles. The minimum absolute atomic E-state index is 0.452. The fourth-order valence-corrected chi connectivity index (χ4v) is 3.54. The van der Waals surface area contributed by atoms with Crippen molar-refractivity contribution in [3.05, 3.63) is 33.7 Å². The molecule has 1 aliphatic rings. The first-order valence-electron chi connectivity index (χ1n) is 7.34. The largest absolute Gasteiger partial charge is 0.495 e. The van der Waals surface area contributed by atoms with Crippen molar-refractivity contribution in [1.29, 1.82) is 0 Å². The van der Waals surface area contributed by atoms with Crippen LogP contribution in [0.2, 0.25) is 10.0 Å². The quantitative estimate of drug-likeness (QED) is 0.825. The molecule has 0 saturated heterocycles. The summed E-state index contributed by atoms with van der Waals surface area (Å²) in [5.74, 6) is 2.69. The van der Waals surface area contributed by atoms with Crippen molar-refractivity contribution >= 4 is 34.7 Å². The lowest BCUT2D eigenvalue weighted by Crippen LogP contribution is -2.41. The number of benzene rings is 1. The van der Waals surface area contributed by atoms with Crippen LogP contribution >= 0.6 is 23.2 Å². The average molecular weight is 369 g/mol. The van der Waals surface area contributed by atoms with Crippen molar-refractivity contribution in [2.45, 2.75) is 13.5 Å². The molecular formula is C16H18Cl2N4O2. The molecule has 0 aliphatic carbocycles. The van der Waals surface area contributed by atoms with Crippen LogP contribution in [-0.4, -0.2) is 37.9 Å². The smallest absolute Gasteiger partial charge is 0.143 e. The number of hydrogen-bond acceptors (Lipinski definition) is 6. The Morgan fingerprint density at radius 1 is 1.12 bits per heavy atom. The van der Waals surface area contributed by atoms with Gasteiger partial charge in [0.15, 0.2) is 0 Å². The van der Waals surface area contributed by atoms with Gasteiger partial charge in [-0.1, -0.05) is 23.2 Å². The van der Waals surface area contributed by atoms with Crippen LogP contribution in [0.15, 0.2) is 12.3 Å². The zero-order valence-corrected chi connectivity index (χ0v) is 15.4. The summed E-state index contributed by atoms with van der Waals surface area (Å²) in [4.78, 5) is 12.9. The van der Waals surface area contributed by atoms with E-state index < -0.39 is 0 Å². The summed E-state index contributed by atoms with van der Waals surface area (Å²) in [7, 11) is 5.09. The van der Waals surface area contributed by atoms with E-state index in [1.54, 1.807) is 20.3 Å². The van der Waals surface area contributed by atoms with Gasteiger partial charge < -0.3 is 19.3 Å². The third-order valence-electron chi connectivity index (χ3n) is 3.93. The van der Waals surface area contributed by atoms with Gasteiger partial charge in [0, 0.05) is 31.4 Å². The number of fused-ring (bicyclic) bond motifs is 1. The van der Waals surface area contributed by atoms with E-state index in [-0.39, 0.29) is 0 Å². The van der Waals surface area contributed by atoms with Crippen molar-refractivity contribution in [3.63, 3.8) is 0 Å². The Bertz CT molecular complexity index is 757. The van der Waals surface area contributed by atoms with Crippen molar-refractivity contribution in [2.24, 2.45) is 0 Å². The van der Waals surface area contributed by atoms with Crippen LogP contribution < -0.4 is 19.3 Å². The Morgan fingerprint density at radius 2 is 1.75 bits per heavy atom. The molecule has 8 heteroatoms. The molecular weight excluding hydrogens is 351 g/mol. The first-order chi connectivity index (χ1) is 11.5. The first-order valence-corrected chi connectivity index (χ1v) is 8.10. The number of anilines is 2. The van der Waals surface area contributed by atoms with E-state index in [2.05, 4.69) is 14.9 Å². The number of halogens is 2. The van der Waals surface area contributed by atoms with Gasteiger partial charge in [-0.25, -0.2) is 9.97 Å². The molecule has 0 unspecified atom stereocenters. The molecule has 2 aromatic rings. The lowest BCUT2D eigenvalue weighted by molar-refractivity contribution is 0.394. The van der Waals surface area contributed by atoms with Gasteiger partial charge in [0.25, 0.3) is 0 Å². The Kier molecular flexibility index (Phi) is 4.60. The molecule has 0 amide bonds. The summed E-state index contributed by atoms with van der Waals surface area (Å²) in [6, 6.07) is 1.68. The summed E-state index contributed by atoms with van der Waals surface area (Å²) < 4.78 is 10.7. The predicted octanol–water partition coefficient (Wildman–Crippen LogP) is 3.52. The van der Waals surface area contributed by atoms with Gasteiger partial charge in [0.1, 0.15) is 33.2 Å². The third kappa shape index (κ3) is 2.80. The Balaban J connectivity index is 2.09. The molecule has 0 N–H and O–H groups in total. The Morgan fingerprint density at radius 3 is 2.33 bits per heavy atom. The molecule has 1 aliphatic heterocycles. The highest BCUT2D eigenvalue weighted by Crippen LogP contribution is 2.47. The van der Waals surface area contributed by atoms with E-state index in [4.69, 9.17) is 32.7 Å². The minimum Gasteiger partial charge on any atom is -0.495 e. The summed E-state index contributed by atoms with van der Waals surface area (Å²) in [5, 5.41) is 0.904. The Hall–Kier alpha value is -1.92. The highest BCUT2D eigenvalue weighted by molar-refractivity contribution is 6.41. The van der Waals surface area contributed by atoms with E-state index in [0.717, 1.165) is 17.2 Å². The summed E-state index contributed by atoms with van der Waals surface area (Å²) >= 11 is 13.0. The third-order valence-corrected chi connectivity index (χ3v) is 4.67. The van der Waals surface area contributed by atoms with E-state index in [9.17, 15) is 0 Å². The van der Waals surface area contributed by atoms with Crippen LogP contribution in [-0.2, 0) is 6.54 Å². The number of nitrogens with zero attached hydrogens (tertiary/aromatic N) is 4. The van der Waals surface area contributed by atoms with Gasteiger partial charge in [-0.05, 0) is 6.92 Å². The minimum atomic E-state index is 0.452. The highest BCUT2D eigenvalue weighted by Gasteiger charge is 2.28. The fourth-order valence-electron chi connectivity index (χ4n) is 2.80. The van der Waals surface area contributed by atoms with Crippen molar-refractivity contribution < 1.29 is 9.47 Å². The highest BCUT2D eigenvalue weighted by atomic mass is 35.5. The van der Waals surface area contributed by atoms with Crippen LogP contribution in [0.5, 0.6) is 11.5 Å². The van der Waals surface area contributed by atoms with Crippen LogP contribution in [0.4, 0.5) is 11.5 Å². The van der Waals surface area contributed by atoms with Gasteiger partial charge >= 0.3 is 0 Å². The van der Waals surface area contributed by atoms with Crippen LogP contribution in [0.25, 0.3) is 0 Å². The molecule has 24 heavy (non-hydrogen) atoms. The molecule has 2 heterocycles. The number of ether oxygens (including phenoxy) is 2. The maximum Gasteiger partial charge on any atom is 0.143 e. The van der Waals surface area contributed by atoms with Crippen LogP contribution in [0.3, 0.4) is 0 Å². The van der Waals surface area contributed by atoms with Gasteiger partial charge in [-0.2, -0.15) is 0 Å². The van der Waals surface area contributed by atoms with Crippen molar-refractivity contribution in [2.75, 3.05) is 37.7 Å². The zero-order chi connectivity index (χ0) is 17.4. The standard InChI is InChI=1S/C16H18Cl2N4O2/c1-9-19-6-10-7-22(8-21(2)16(10)20-9)15-13(17)11(23-3)5-12(24-4)14(15)18/h5-6H,7-8H2,1-4H3. The normalized spacial score (nSPS) is 13.8. The lowest BCUT2D eigenvalue weighted by Gasteiger charge is -2.37. The number of aryl methyl sites for hydroxylation is 1. The fraction of sp³-hybridized carbons (Fsp3) is 0.375. The van der Waals surface area contributed by atoms with Crippen molar-refractivity contribution in [3.8, 4) is 11.5 Å². The van der Waals surface area contributed by atoms with Crippen LogP contribution in [0.1, 0.15) is 11.4 Å². The number of aromatic nitrogens is 2. The summed E-state index contributed by atoms with van der Waals surface area (Å²) in [6.07, 6.45) is 1.83. The van der Waals surface area contributed by atoms with Crippen molar-refractivity contribution in [1.82, 2.24) is 9.97 Å². The van der Waals surface area contributed by atoms with Gasteiger partial charge in [0.2, 0.25) is 0 Å². The molecule has 0 bridgehead atoms.